The van der Waals surface area contributed by atoms with Crippen LogP contribution >= 0.6 is 11.3 Å². The molecular formula is C18H13N5S. The van der Waals surface area contributed by atoms with Gasteiger partial charge in [0.05, 0.1) is 5.52 Å². The molecule has 0 aliphatic rings. The first kappa shape index (κ1) is 14.5. The van der Waals surface area contributed by atoms with E-state index in [2.05, 4.69) is 31.8 Å². The van der Waals surface area contributed by atoms with Crippen LogP contribution in [-0.4, -0.2) is 24.5 Å². The number of benzene rings is 1. The molecule has 3 heterocycles. The zero-order valence-corrected chi connectivity index (χ0v) is 14.0. The summed E-state index contributed by atoms with van der Waals surface area (Å²) >= 11 is 1.56. The normalized spacial score (nSPS) is 10.6. The quantitative estimate of drug-likeness (QED) is 0.503. The van der Waals surface area contributed by atoms with Crippen LogP contribution in [0.4, 0.5) is 0 Å². The van der Waals surface area contributed by atoms with E-state index in [9.17, 15) is 0 Å². The minimum atomic E-state index is 0.505. The maximum absolute atomic E-state index is 4.53. The van der Waals surface area contributed by atoms with E-state index in [1.165, 1.54) is 0 Å². The molecule has 0 spiro atoms. The Morgan fingerprint density at radius 2 is 1.96 bits per heavy atom. The number of para-hydroxylation sites is 1. The van der Waals surface area contributed by atoms with Crippen molar-refractivity contribution in [1.29, 1.82) is 0 Å². The van der Waals surface area contributed by atoms with E-state index in [0.717, 1.165) is 27.3 Å². The summed E-state index contributed by atoms with van der Waals surface area (Å²) < 4.78 is 1.89. The van der Waals surface area contributed by atoms with Crippen molar-refractivity contribution in [2.75, 3.05) is 0 Å². The van der Waals surface area contributed by atoms with E-state index in [4.69, 9.17) is 0 Å². The molecule has 0 bridgehead atoms. The first-order valence-corrected chi connectivity index (χ1v) is 8.27. The van der Waals surface area contributed by atoms with E-state index in [1.54, 1.807) is 17.5 Å². The van der Waals surface area contributed by atoms with E-state index in [0.29, 0.717) is 11.6 Å². The number of aromatic nitrogens is 5. The number of hydrogen-bond acceptors (Lipinski definition) is 5. The summed E-state index contributed by atoms with van der Waals surface area (Å²) in [6.45, 7) is 1.97. The summed E-state index contributed by atoms with van der Waals surface area (Å²) in [7, 11) is 1.92. The van der Waals surface area contributed by atoms with Crippen molar-refractivity contribution in [2.45, 2.75) is 6.92 Å². The molecule has 4 aromatic rings. The van der Waals surface area contributed by atoms with Crippen molar-refractivity contribution in [1.82, 2.24) is 24.5 Å². The van der Waals surface area contributed by atoms with Gasteiger partial charge in [0, 0.05) is 35.9 Å². The van der Waals surface area contributed by atoms with Crippen molar-refractivity contribution in [2.24, 2.45) is 7.05 Å². The summed E-state index contributed by atoms with van der Waals surface area (Å²) in [5.74, 6) is 7.24. The van der Waals surface area contributed by atoms with Crippen molar-refractivity contribution in [3.63, 3.8) is 0 Å². The highest BCUT2D eigenvalue weighted by Gasteiger charge is 2.08. The Kier molecular flexibility index (Phi) is 3.56. The van der Waals surface area contributed by atoms with Gasteiger partial charge in [-0.2, -0.15) is 0 Å². The third-order valence-corrected chi connectivity index (χ3v) is 4.40. The average molecular weight is 331 g/mol. The minimum Gasteiger partial charge on any atom is -0.327 e. The van der Waals surface area contributed by atoms with Crippen LogP contribution in [0.1, 0.15) is 17.3 Å². The van der Waals surface area contributed by atoms with Crippen molar-refractivity contribution in [3.8, 4) is 22.5 Å². The number of fused-ring (bicyclic) bond motifs is 1. The fourth-order valence-electron chi connectivity index (χ4n) is 2.44. The van der Waals surface area contributed by atoms with Gasteiger partial charge >= 0.3 is 0 Å². The highest BCUT2D eigenvalue weighted by atomic mass is 32.1. The number of aryl methyl sites for hydroxylation is 2. The molecule has 1 aromatic carbocycles. The third kappa shape index (κ3) is 2.66. The summed E-state index contributed by atoms with van der Waals surface area (Å²) in [4.78, 5) is 17.8. The number of rotatable bonds is 1. The standard InChI is InChI=1S/C18H13N5S/c1-12-13-5-3-4-6-14(13)21-16(20-12)7-8-17-22-15(11-23(17)2)18-19-9-10-24-18/h3-6,9-11H,1-2H3. The largest absolute Gasteiger partial charge is 0.327 e. The zero-order chi connectivity index (χ0) is 16.5. The molecule has 116 valence electrons. The second-order valence-corrected chi connectivity index (χ2v) is 6.19. The van der Waals surface area contributed by atoms with Crippen LogP contribution in [0.25, 0.3) is 21.6 Å². The highest BCUT2D eigenvalue weighted by Crippen LogP contribution is 2.20. The maximum atomic E-state index is 4.53. The molecule has 0 fully saturated rings. The van der Waals surface area contributed by atoms with Gasteiger partial charge < -0.3 is 4.57 Å². The van der Waals surface area contributed by atoms with Gasteiger partial charge in [-0.15, -0.1) is 11.3 Å². The van der Waals surface area contributed by atoms with Crippen LogP contribution < -0.4 is 0 Å². The molecule has 0 atom stereocenters. The lowest BCUT2D eigenvalue weighted by molar-refractivity contribution is 0.893. The lowest BCUT2D eigenvalue weighted by atomic mass is 10.2. The number of imidazole rings is 1. The monoisotopic (exact) mass is 331 g/mol. The summed E-state index contributed by atoms with van der Waals surface area (Å²) in [5, 5.41) is 3.86. The van der Waals surface area contributed by atoms with Gasteiger partial charge in [-0.3, -0.25) is 0 Å². The smallest absolute Gasteiger partial charge is 0.206 e. The number of nitrogens with zero attached hydrogens (tertiary/aromatic N) is 5. The van der Waals surface area contributed by atoms with E-state index in [-0.39, 0.29) is 0 Å². The molecule has 0 amide bonds. The molecule has 0 saturated heterocycles. The molecule has 0 aliphatic carbocycles. The lowest BCUT2D eigenvalue weighted by Crippen LogP contribution is -1.95. The van der Waals surface area contributed by atoms with Gasteiger partial charge in [0.25, 0.3) is 0 Å². The first-order valence-electron chi connectivity index (χ1n) is 7.39. The summed E-state index contributed by atoms with van der Waals surface area (Å²) in [6, 6.07) is 7.93. The second-order valence-electron chi connectivity index (χ2n) is 5.30. The van der Waals surface area contributed by atoms with E-state index >= 15 is 0 Å². The van der Waals surface area contributed by atoms with Crippen LogP contribution in [0.15, 0.2) is 42.0 Å². The highest BCUT2D eigenvalue weighted by molar-refractivity contribution is 7.13. The van der Waals surface area contributed by atoms with E-state index in [1.807, 2.05) is 54.4 Å². The van der Waals surface area contributed by atoms with Gasteiger partial charge in [0.1, 0.15) is 10.7 Å². The van der Waals surface area contributed by atoms with Gasteiger partial charge in [0.2, 0.25) is 5.82 Å². The fourth-order valence-corrected chi connectivity index (χ4v) is 3.03. The summed E-state index contributed by atoms with van der Waals surface area (Å²) in [5.41, 5.74) is 2.65. The molecule has 5 nitrogen and oxygen atoms in total. The number of thiazole rings is 1. The Morgan fingerprint density at radius 1 is 1.08 bits per heavy atom. The predicted octanol–water partition coefficient (Wildman–Crippen LogP) is 3.20. The van der Waals surface area contributed by atoms with Crippen LogP contribution in [0, 0.1) is 18.8 Å². The Balaban J connectivity index is 1.72. The molecule has 0 aliphatic heterocycles. The molecule has 0 radical (unpaired) electrons. The molecule has 0 unspecified atom stereocenters. The maximum Gasteiger partial charge on any atom is 0.206 e. The summed E-state index contributed by atoms with van der Waals surface area (Å²) in [6.07, 6.45) is 3.70. The Bertz CT molecular complexity index is 1080. The van der Waals surface area contributed by atoms with Gasteiger partial charge in [-0.1, -0.05) is 18.2 Å². The SMILES string of the molecule is Cc1nc(C#Cc2nc(-c3nccs3)cn2C)nc2ccccc12. The molecule has 24 heavy (non-hydrogen) atoms. The van der Waals surface area contributed by atoms with Crippen LogP contribution in [0.3, 0.4) is 0 Å². The lowest BCUT2D eigenvalue weighted by Gasteiger charge is -2.00. The minimum absolute atomic E-state index is 0.505. The van der Waals surface area contributed by atoms with Crippen molar-refractivity contribution >= 4 is 22.2 Å². The molecular weight excluding hydrogens is 318 g/mol. The Morgan fingerprint density at radius 3 is 2.79 bits per heavy atom. The molecule has 0 saturated carbocycles. The van der Waals surface area contributed by atoms with Crippen LogP contribution in [-0.2, 0) is 7.05 Å². The third-order valence-electron chi connectivity index (χ3n) is 3.61. The number of hydrogen-bond donors (Lipinski definition) is 0. The van der Waals surface area contributed by atoms with Gasteiger partial charge in [-0.25, -0.2) is 19.9 Å². The topological polar surface area (TPSA) is 56.5 Å². The van der Waals surface area contributed by atoms with Crippen molar-refractivity contribution in [3.05, 3.63) is 59.4 Å². The predicted molar refractivity (Wildman–Crippen MR) is 94.6 cm³/mol. The molecule has 0 N–H and O–H groups in total. The molecule has 6 heteroatoms. The van der Waals surface area contributed by atoms with Gasteiger partial charge in [-0.05, 0) is 24.8 Å². The second kappa shape index (κ2) is 5.87. The zero-order valence-electron chi connectivity index (χ0n) is 13.2. The van der Waals surface area contributed by atoms with Crippen LogP contribution in [0.2, 0.25) is 0 Å². The Hall–Kier alpha value is -3.04. The van der Waals surface area contributed by atoms with Crippen LogP contribution in [0.5, 0.6) is 0 Å². The molecule has 3 aromatic heterocycles. The average Bonchev–Trinajstić information content (AvgIpc) is 3.23. The Labute approximate surface area is 143 Å². The first-order chi connectivity index (χ1) is 11.7. The fraction of sp³-hybridized carbons (Fsp3) is 0.111. The van der Waals surface area contributed by atoms with Gasteiger partial charge in [0.15, 0.2) is 5.82 Å². The van der Waals surface area contributed by atoms with Crippen molar-refractivity contribution < 1.29 is 0 Å². The molecule has 4 rings (SSSR count). The van der Waals surface area contributed by atoms with E-state index < -0.39 is 0 Å².